The fourth-order valence-corrected chi connectivity index (χ4v) is 4.61. The maximum atomic E-state index is 11.4. The van der Waals surface area contributed by atoms with E-state index >= 15 is 0 Å². The van der Waals surface area contributed by atoms with Crippen LogP contribution in [0.5, 0.6) is 0 Å². The number of fused-ring (bicyclic) bond motifs is 1. The number of hydrogen-bond acceptors (Lipinski definition) is 4. The summed E-state index contributed by atoms with van der Waals surface area (Å²) in [6.45, 7) is 0. The molecule has 7 heteroatoms. The van der Waals surface area contributed by atoms with Crippen molar-refractivity contribution in [3.05, 3.63) is 0 Å². The summed E-state index contributed by atoms with van der Waals surface area (Å²) in [4.78, 5) is 10.9. The maximum absolute atomic E-state index is 11.4. The number of carbonyl (C=O) groups is 1. The van der Waals surface area contributed by atoms with Crippen LogP contribution in [-0.2, 0) is 19.4 Å². The summed E-state index contributed by atoms with van der Waals surface area (Å²) in [6, 6.07) is 0. The molecule has 2 aliphatic heterocycles. The molecule has 4 nitrogen and oxygen atoms in total. The minimum atomic E-state index is -3.40. The molecule has 0 radical (unpaired) electrons. The zero-order valence-corrected chi connectivity index (χ0v) is 9.52. The SMILES string of the molecule is O=C1C[C@@H]2CS(=O)(=O)[C@](Cl)(Br)[C@@H]2O1. The molecule has 0 aromatic carbocycles. The third kappa shape index (κ3) is 1.22. The van der Waals surface area contributed by atoms with E-state index in [2.05, 4.69) is 15.9 Å². The number of halogens is 2. The van der Waals surface area contributed by atoms with Crippen molar-refractivity contribution in [1.29, 1.82) is 0 Å². The number of sulfone groups is 1. The largest absolute Gasteiger partial charge is 0.458 e. The fourth-order valence-electron chi connectivity index (χ4n) is 1.67. The summed E-state index contributed by atoms with van der Waals surface area (Å²) < 4.78 is 26.1. The first kappa shape index (κ1) is 9.73. The van der Waals surface area contributed by atoms with Gasteiger partial charge in [0.05, 0.1) is 12.2 Å². The van der Waals surface area contributed by atoms with Crippen molar-refractivity contribution in [3.8, 4) is 0 Å². The first-order valence-electron chi connectivity index (χ1n) is 3.64. The van der Waals surface area contributed by atoms with E-state index in [9.17, 15) is 13.2 Å². The molecule has 0 bridgehead atoms. The molecule has 0 amide bonds. The van der Waals surface area contributed by atoms with Gasteiger partial charge in [0, 0.05) is 5.92 Å². The third-order valence-corrected chi connectivity index (χ3v) is 7.07. The van der Waals surface area contributed by atoms with Crippen LogP contribution in [0.1, 0.15) is 6.42 Å². The number of alkyl halides is 2. The normalized spacial score (nSPS) is 47.4. The molecule has 3 atom stereocenters. The van der Waals surface area contributed by atoms with Crippen molar-refractivity contribution < 1.29 is 17.9 Å². The van der Waals surface area contributed by atoms with E-state index in [1.807, 2.05) is 0 Å². The molecule has 2 heterocycles. The van der Waals surface area contributed by atoms with Gasteiger partial charge in [-0.15, -0.1) is 0 Å². The van der Waals surface area contributed by atoms with Gasteiger partial charge in [-0.25, -0.2) is 8.42 Å². The molecule has 2 rings (SSSR count). The maximum Gasteiger partial charge on any atom is 0.306 e. The summed E-state index contributed by atoms with van der Waals surface area (Å²) in [5.74, 6) is -0.762. The molecule has 2 saturated heterocycles. The lowest BCUT2D eigenvalue weighted by Crippen LogP contribution is -2.33. The second kappa shape index (κ2) is 2.61. The standard InChI is InChI=1S/C6H6BrClO4S/c7-6(8)5-3(1-4(9)12-5)2-13(6,10)11/h3,5H,1-2H2/t3-,5-,6+/m1/s1. The van der Waals surface area contributed by atoms with Gasteiger partial charge < -0.3 is 4.74 Å². The Morgan fingerprint density at radius 1 is 1.62 bits per heavy atom. The lowest BCUT2D eigenvalue weighted by Gasteiger charge is -2.18. The molecule has 74 valence electrons. The molecule has 0 spiro atoms. The van der Waals surface area contributed by atoms with Gasteiger partial charge in [-0.05, 0) is 15.9 Å². The van der Waals surface area contributed by atoms with Crippen LogP contribution in [0.4, 0.5) is 0 Å². The van der Waals surface area contributed by atoms with Gasteiger partial charge in [-0.2, -0.15) is 0 Å². The van der Waals surface area contributed by atoms with Gasteiger partial charge in [-0.3, -0.25) is 4.79 Å². The quantitative estimate of drug-likeness (QED) is 0.485. The molecule has 13 heavy (non-hydrogen) atoms. The zero-order chi connectivity index (χ0) is 9.85. The lowest BCUT2D eigenvalue weighted by molar-refractivity contribution is -0.141. The Morgan fingerprint density at radius 3 is 2.77 bits per heavy atom. The van der Waals surface area contributed by atoms with Gasteiger partial charge >= 0.3 is 5.97 Å². The Balaban J connectivity index is 2.42. The van der Waals surface area contributed by atoms with Gasteiger partial charge in [-0.1, -0.05) is 11.6 Å². The number of carbonyl (C=O) groups excluding carboxylic acids is 1. The summed E-state index contributed by atoms with van der Waals surface area (Å²) in [6.07, 6.45) is -0.601. The predicted octanol–water partition coefficient (Wildman–Crippen LogP) is 0.634. The van der Waals surface area contributed by atoms with E-state index in [0.717, 1.165) is 0 Å². The highest BCUT2D eigenvalue weighted by Gasteiger charge is 2.62. The van der Waals surface area contributed by atoms with Crippen LogP contribution in [-0.4, -0.2) is 29.4 Å². The van der Waals surface area contributed by atoms with E-state index in [4.69, 9.17) is 16.3 Å². The average molecular weight is 290 g/mol. The highest BCUT2D eigenvalue weighted by molar-refractivity contribution is 9.12. The Bertz CT molecular complexity index is 363. The van der Waals surface area contributed by atoms with E-state index in [1.165, 1.54) is 0 Å². The summed E-state index contributed by atoms with van der Waals surface area (Å²) in [5, 5.41) is 0. The molecular formula is C6H6BrClO4S. The van der Waals surface area contributed by atoms with Crippen LogP contribution in [0.3, 0.4) is 0 Å². The molecule has 0 aromatic heterocycles. The molecule has 0 unspecified atom stereocenters. The number of hydrogen-bond donors (Lipinski definition) is 0. The van der Waals surface area contributed by atoms with Crippen molar-refractivity contribution in [2.45, 2.75) is 15.6 Å². The van der Waals surface area contributed by atoms with Crippen molar-refractivity contribution in [2.24, 2.45) is 5.92 Å². The van der Waals surface area contributed by atoms with Crippen molar-refractivity contribution in [1.82, 2.24) is 0 Å². The molecule has 0 saturated carbocycles. The van der Waals surface area contributed by atoms with Crippen LogP contribution in [0, 0.1) is 5.92 Å². The molecule has 0 aliphatic carbocycles. The van der Waals surface area contributed by atoms with Crippen LogP contribution in [0.2, 0.25) is 0 Å². The van der Waals surface area contributed by atoms with E-state index in [0.29, 0.717) is 0 Å². The zero-order valence-electron chi connectivity index (χ0n) is 6.37. The fraction of sp³-hybridized carbons (Fsp3) is 0.833. The van der Waals surface area contributed by atoms with Crippen molar-refractivity contribution >= 4 is 43.3 Å². The average Bonchev–Trinajstić information content (AvgIpc) is 2.35. The smallest absolute Gasteiger partial charge is 0.306 e. The molecular weight excluding hydrogens is 283 g/mol. The minimum Gasteiger partial charge on any atom is -0.458 e. The molecule has 2 fully saturated rings. The summed E-state index contributed by atoms with van der Waals surface area (Å²) in [5.41, 5.74) is 0. The Labute approximate surface area is 88.6 Å². The number of rotatable bonds is 0. The van der Waals surface area contributed by atoms with Gasteiger partial charge in [0.1, 0.15) is 6.10 Å². The van der Waals surface area contributed by atoms with E-state index in [-0.39, 0.29) is 24.1 Å². The highest BCUT2D eigenvalue weighted by Crippen LogP contribution is 2.50. The Hall–Kier alpha value is 0.190. The molecule has 2 aliphatic rings. The van der Waals surface area contributed by atoms with Crippen LogP contribution in [0.15, 0.2) is 0 Å². The first-order valence-corrected chi connectivity index (χ1v) is 6.46. The third-order valence-electron chi connectivity index (χ3n) is 2.29. The molecule has 0 aromatic rings. The summed E-state index contributed by atoms with van der Waals surface area (Å²) >= 11 is 8.68. The second-order valence-electron chi connectivity index (χ2n) is 3.22. The van der Waals surface area contributed by atoms with Crippen molar-refractivity contribution in [3.63, 3.8) is 0 Å². The lowest BCUT2D eigenvalue weighted by atomic mass is 10.1. The molecule has 0 N–H and O–H groups in total. The number of ether oxygens (including phenoxy) is 1. The van der Waals surface area contributed by atoms with Gasteiger partial charge in [0.25, 0.3) is 0 Å². The second-order valence-corrected chi connectivity index (χ2v) is 8.48. The Morgan fingerprint density at radius 2 is 2.23 bits per heavy atom. The van der Waals surface area contributed by atoms with Crippen LogP contribution < -0.4 is 0 Å². The van der Waals surface area contributed by atoms with Gasteiger partial charge in [0.15, 0.2) is 9.84 Å². The predicted molar refractivity (Wildman–Crippen MR) is 49.3 cm³/mol. The van der Waals surface area contributed by atoms with Crippen molar-refractivity contribution in [2.75, 3.05) is 5.75 Å². The number of esters is 1. The first-order chi connectivity index (χ1) is 5.84. The highest BCUT2D eigenvalue weighted by atomic mass is 79.9. The Kier molecular flexibility index (Phi) is 1.95. The van der Waals surface area contributed by atoms with Crippen LogP contribution in [0.25, 0.3) is 0 Å². The topological polar surface area (TPSA) is 60.4 Å². The van der Waals surface area contributed by atoms with E-state index < -0.39 is 19.1 Å². The van der Waals surface area contributed by atoms with Gasteiger partial charge in [0.2, 0.25) is 3.12 Å². The minimum absolute atomic E-state index is 0.0852. The summed E-state index contributed by atoms with van der Waals surface area (Å²) in [7, 11) is -3.40. The monoisotopic (exact) mass is 288 g/mol. The van der Waals surface area contributed by atoms with E-state index in [1.54, 1.807) is 0 Å². The van der Waals surface area contributed by atoms with Crippen LogP contribution >= 0.6 is 27.5 Å².